The fourth-order valence-corrected chi connectivity index (χ4v) is 13.3. The standard InChI is InChI=1S/C75H46N4S/c1-4-18-47(19-5-1)54-41-55(48-20-6-2-7-21-48)43-56(42-54)50-24-16-25-53(40-50)74-76-73(49-22-8-3-9-23-49)77-75(78-74)64-31-17-33-71-72(64)67-45-52(35-39-70(67)80-71)51-34-38-69-66(44-51)63-30-14-15-32-68(63)79(69)57-36-37-62-60-28-11-10-26-58(60)59-27-12-13-29-61(59)65(62)46-57/h1-46H. The van der Waals surface area contributed by atoms with E-state index in [1.165, 1.54) is 80.0 Å². The number of nitrogens with zero attached hydrogens (tertiary/aromatic N) is 4. The zero-order chi connectivity index (χ0) is 52.7. The molecule has 0 saturated heterocycles. The van der Waals surface area contributed by atoms with E-state index in [4.69, 9.17) is 15.0 Å². The van der Waals surface area contributed by atoms with E-state index in [1.807, 2.05) is 18.2 Å². The lowest BCUT2D eigenvalue weighted by Crippen LogP contribution is -2.00. The summed E-state index contributed by atoms with van der Waals surface area (Å²) in [4.78, 5) is 15.9. The summed E-state index contributed by atoms with van der Waals surface area (Å²) in [5.41, 5.74) is 15.5. The average molecular weight is 1040 g/mol. The van der Waals surface area contributed by atoms with Gasteiger partial charge in [0.1, 0.15) is 0 Å². The minimum absolute atomic E-state index is 0.619. The fraction of sp³-hybridized carbons (Fsp3) is 0. The van der Waals surface area contributed by atoms with Gasteiger partial charge in [0.05, 0.1) is 11.0 Å². The number of fused-ring (bicyclic) bond motifs is 12. The molecule has 0 amide bonds. The van der Waals surface area contributed by atoms with Gasteiger partial charge in [-0.1, -0.05) is 206 Å². The van der Waals surface area contributed by atoms with Crippen molar-refractivity contribution in [1.29, 1.82) is 0 Å². The van der Waals surface area contributed by atoms with E-state index >= 15 is 0 Å². The van der Waals surface area contributed by atoms with Gasteiger partial charge in [-0.2, -0.15) is 0 Å². The molecule has 80 heavy (non-hydrogen) atoms. The van der Waals surface area contributed by atoms with Gasteiger partial charge < -0.3 is 4.57 Å². The van der Waals surface area contributed by atoms with Gasteiger partial charge in [0.2, 0.25) is 0 Å². The molecule has 16 rings (SSSR count). The Morgan fingerprint density at radius 3 is 1.38 bits per heavy atom. The van der Waals surface area contributed by atoms with E-state index < -0.39 is 0 Å². The molecule has 0 unspecified atom stereocenters. The smallest absolute Gasteiger partial charge is 0.164 e. The molecular weight excluding hydrogens is 989 g/mol. The summed E-state index contributed by atoms with van der Waals surface area (Å²) in [7, 11) is 0. The number of hydrogen-bond donors (Lipinski definition) is 0. The molecule has 3 aromatic heterocycles. The molecule has 0 radical (unpaired) electrons. The van der Waals surface area contributed by atoms with Gasteiger partial charge in [0.15, 0.2) is 17.5 Å². The largest absolute Gasteiger partial charge is 0.309 e. The quantitative estimate of drug-likeness (QED) is 0.142. The van der Waals surface area contributed by atoms with Crippen molar-refractivity contribution in [2.24, 2.45) is 0 Å². The van der Waals surface area contributed by atoms with Crippen LogP contribution in [0.15, 0.2) is 279 Å². The molecule has 0 aliphatic carbocycles. The maximum Gasteiger partial charge on any atom is 0.164 e. The first kappa shape index (κ1) is 45.8. The summed E-state index contributed by atoms with van der Waals surface area (Å²) < 4.78 is 4.83. The third kappa shape index (κ3) is 7.70. The second-order valence-corrected chi connectivity index (χ2v) is 21.8. The Balaban J connectivity index is 0.820. The highest BCUT2D eigenvalue weighted by Gasteiger charge is 2.20. The van der Waals surface area contributed by atoms with Crippen LogP contribution >= 0.6 is 11.3 Å². The predicted octanol–water partition coefficient (Wildman–Crippen LogP) is 20.5. The first-order valence-corrected chi connectivity index (χ1v) is 28.0. The zero-order valence-electron chi connectivity index (χ0n) is 43.3. The molecule has 13 aromatic carbocycles. The first-order chi connectivity index (χ1) is 39.6. The van der Waals surface area contributed by atoms with Crippen LogP contribution in [-0.4, -0.2) is 19.5 Å². The zero-order valence-corrected chi connectivity index (χ0v) is 44.1. The monoisotopic (exact) mass is 1030 g/mol. The van der Waals surface area contributed by atoms with Crippen LogP contribution < -0.4 is 0 Å². The number of rotatable bonds is 8. The van der Waals surface area contributed by atoms with E-state index in [1.54, 1.807) is 11.3 Å². The number of hydrogen-bond acceptors (Lipinski definition) is 4. The Morgan fingerprint density at radius 1 is 0.237 bits per heavy atom. The number of thiophene rings is 1. The van der Waals surface area contributed by atoms with Crippen LogP contribution in [0.2, 0.25) is 0 Å². The highest BCUT2D eigenvalue weighted by Crippen LogP contribution is 2.44. The molecule has 0 N–H and O–H groups in total. The van der Waals surface area contributed by atoms with E-state index in [0.717, 1.165) is 61.1 Å². The van der Waals surface area contributed by atoms with Crippen molar-refractivity contribution >= 4 is 85.6 Å². The highest BCUT2D eigenvalue weighted by atomic mass is 32.1. The molecule has 0 spiro atoms. The molecule has 372 valence electrons. The van der Waals surface area contributed by atoms with Crippen LogP contribution in [0.25, 0.3) is 159 Å². The number of benzene rings is 13. The summed E-state index contributed by atoms with van der Waals surface area (Å²) in [6.07, 6.45) is 0. The molecule has 0 fully saturated rings. The maximum absolute atomic E-state index is 5.40. The van der Waals surface area contributed by atoms with Gasteiger partial charge in [0.25, 0.3) is 0 Å². The second kappa shape index (κ2) is 18.7. The van der Waals surface area contributed by atoms with Crippen molar-refractivity contribution in [3.05, 3.63) is 279 Å². The van der Waals surface area contributed by atoms with Crippen molar-refractivity contribution in [2.45, 2.75) is 0 Å². The number of para-hydroxylation sites is 1. The average Bonchev–Trinajstić information content (AvgIpc) is 4.12. The SMILES string of the molecule is c1ccc(-c2cc(-c3ccccc3)cc(-c3cccc(-c4nc(-c5ccccc5)nc(-c5cccc6sc7ccc(-c8ccc9c(c8)c8ccccc8n9-c8ccc9c%10ccccc%10c%10ccccc%10c9c8)cc7c56)n4)c3)c2)cc1. The summed E-state index contributed by atoms with van der Waals surface area (Å²) in [6, 6.07) is 101. The molecule has 0 bridgehead atoms. The van der Waals surface area contributed by atoms with Crippen LogP contribution in [0.5, 0.6) is 0 Å². The Morgan fingerprint density at radius 2 is 0.700 bits per heavy atom. The molecule has 4 nitrogen and oxygen atoms in total. The van der Waals surface area contributed by atoms with Gasteiger partial charge in [0, 0.05) is 53.3 Å². The topological polar surface area (TPSA) is 43.6 Å². The van der Waals surface area contributed by atoms with Crippen LogP contribution in [-0.2, 0) is 0 Å². The van der Waals surface area contributed by atoms with E-state index in [9.17, 15) is 0 Å². The van der Waals surface area contributed by atoms with Crippen molar-refractivity contribution < 1.29 is 0 Å². The lowest BCUT2D eigenvalue weighted by Gasteiger charge is -2.14. The predicted molar refractivity (Wildman–Crippen MR) is 338 cm³/mol. The molecule has 0 aliphatic heterocycles. The summed E-state index contributed by atoms with van der Waals surface area (Å²) in [6.45, 7) is 0. The minimum Gasteiger partial charge on any atom is -0.309 e. The van der Waals surface area contributed by atoms with Crippen molar-refractivity contribution in [3.8, 4) is 84.4 Å². The van der Waals surface area contributed by atoms with Gasteiger partial charge in [-0.25, -0.2) is 15.0 Å². The van der Waals surface area contributed by atoms with Gasteiger partial charge in [-0.3, -0.25) is 0 Å². The Kier molecular flexibility index (Phi) is 10.7. The third-order valence-corrected chi connectivity index (χ3v) is 17.1. The Hall–Kier alpha value is -10.3. The van der Waals surface area contributed by atoms with Crippen molar-refractivity contribution in [3.63, 3.8) is 0 Å². The lowest BCUT2D eigenvalue weighted by atomic mass is 9.93. The van der Waals surface area contributed by atoms with Crippen LogP contribution in [0.3, 0.4) is 0 Å². The van der Waals surface area contributed by atoms with Crippen molar-refractivity contribution in [1.82, 2.24) is 19.5 Å². The van der Waals surface area contributed by atoms with Crippen LogP contribution in [0, 0.1) is 0 Å². The highest BCUT2D eigenvalue weighted by molar-refractivity contribution is 7.26. The molecular formula is C75H46N4S. The van der Waals surface area contributed by atoms with Crippen molar-refractivity contribution in [2.75, 3.05) is 0 Å². The normalized spacial score (nSPS) is 11.8. The third-order valence-electron chi connectivity index (χ3n) is 16.0. The van der Waals surface area contributed by atoms with Gasteiger partial charge in [-0.05, 0) is 150 Å². The van der Waals surface area contributed by atoms with Gasteiger partial charge in [-0.15, -0.1) is 11.3 Å². The van der Waals surface area contributed by atoms with Crippen LogP contribution in [0.4, 0.5) is 0 Å². The molecule has 0 saturated carbocycles. The molecule has 0 atom stereocenters. The van der Waals surface area contributed by atoms with E-state index in [-0.39, 0.29) is 0 Å². The summed E-state index contributed by atoms with van der Waals surface area (Å²) in [5, 5.41) is 12.4. The minimum atomic E-state index is 0.619. The Bertz CT molecular complexity index is 5030. The molecule has 5 heteroatoms. The first-order valence-electron chi connectivity index (χ1n) is 27.1. The van der Waals surface area contributed by atoms with Gasteiger partial charge >= 0.3 is 0 Å². The van der Waals surface area contributed by atoms with Crippen LogP contribution in [0.1, 0.15) is 0 Å². The summed E-state index contributed by atoms with van der Waals surface area (Å²) >= 11 is 1.81. The Labute approximate surface area is 465 Å². The van der Waals surface area contributed by atoms with E-state index in [0.29, 0.717) is 17.5 Å². The molecule has 16 aromatic rings. The number of aromatic nitrogens is 4. The van der Waals surface area contributed by atoms with E-state index in [2.05, 4.69) is 265 Å². The summed E-state index contributed by atoms with van der Waals surface area (Å²) in [5.74, 6) is 1.88. The molecule has 0 aliphatic rings. The fourth-order valence-electron chi connectivity index (χ4n) is 12.2. The maximum atomic E-state index is 5.40. The second-order valence-electron chi connectivity index (χ2n) is 20.7. The molecule has 3 heterocycles. The lowest BCUT2D eigenvalue weighted by molar-refractivity contribution is 1.08.